The lowest BCUT2D eigenvalue weighted by molar-refractivity contribution is -0.118. The highest BCUT2D eigenvalue weighted by Gasteiger charge is 2.23. The molecule has 1 amide bonds. The van der Waals surface area contributed by atoms with Crippen molar-refractivity contribution in [3.63, 3.8) is 0 Å². The van der Waals surface area contributed by atoms with E-state index in [2.05, 4.69) is 10.5 Å². The number of benzene rings is 2. The number of hydrazone groups is 1. The molecule has 4 aromatic rings. The number of amides is 1. The molecule has 0 atom stereocenters. The van der Waals surface area contributed by atoms with Gasteiger partial charge in [0.15, 0.2) is 5.16 Å². The number of aromatic hydroxyl groups is 2. The number of rotatable bonds is 6. The van der Waals surface area contributed by atoms with Gasteiger partial charge in [0.2, 0.25) is 0 Å². The lowest BCUT2D eigenvalue weighted by Gasteiger charge is -2.13. The van der Waals surface area contributed by atoms with Crippen LogP contribution in [0.15, 0.2) is 57.5 Å². The smallest absolute Gasteiger partial charge is 0.267 e. The SMILES string of the molecule is Cc1ccc(-n2c(SCC(=O)N/N=C/c3ccc(O)cc3O)nc3sc4c(c3c2=O)CCCC4)cc1. The number of thioether (sulfide) groups is 1. The van der Waals surface area contributed by atoms with Gasteiger partial charge in [0.1, 0.15) is 16.3 Å². The van der Waals surface area contributed by atoms with Crippen LogP contribution in [0.2, 0.25) is 0 Å². The molecule has 2 aromatic heterocycles. The summed E-state index contributed by atoms with van der Waals surface area (Å²) in [7, 11) is 0. The number of phenolic OH excluding ortho intramolecular Hbond substituents is 2. The molecular weight excluding hydrogens is 496 g/mol. The summed E-state index contributed by atoms with van der Waals surface area (Å²) in [6.45, 7) is 1.99. The molecule has 0 unspecified atom stereocenters. The molecule has 0 bridgehead atoms. The van der Waals surface area contributed by atoms with Gasteiger partial charge in [-0.05, 0) is 62.4 Å². The van der Waals surface area contributed by atoms with E-state index in [1.165, 1.54) is 41.1 Å². The molecule has 0 spiro atoms. The van der Waals surface area contributed by atoms with Crippen LogP contribution in [0.25, 0.3) is 15.9 Å². The van der Waals surface area contributed by atoms with Crippen LogP contribution >= 0.6 is 23.1 Å². The number of aryl methyl sites for hydroxylation is 3. The predicted octanol–water partition coefficient (Wildman–Crippen LogP) is 4.29. The third kappa shape index (κ3) is 4.87. The van der Waals surface area contributed by atoms with Crippen LogP contribution in [0.5, 0.6) is 11.5 Å². The minimum absolute atomic E-state index is 0.00615. The maximum absolute atomic E-state index is 13.7. The second kappa shape index (κ2) is 10.2. The maximum atomic E-state index is 13.7. The van der Waals surface area contributed by atoms with Crippen molar-refractivity contribution in [2.24, 2.45) is 5.10 Å². The first-order valence-electron chi connectivity index (χ1n) is 11.5. The molecular formula is C26H24N4O4S2. The first-order valence-corrected chi connectivity index (χ1v) is 13.3. The van der Waals surface area contributed by atoms with Crippen LogP contribution < -0.4 is 11.0 Å². The highest BCUT2D eigenvalue weighted by Crippen LogP contribution is 2.35. The molecule has 8 nitrogen and oxygen atoms in total. The van der Waals surface area contributed by atoms with E-state index in [0.717, 1.165) is 41.6 Å². The van der Waals surface area contributed by atoms with Crippen molar-refractivity contribution in [2.45, 2.75) is 37.8 Å². The summed E-state index contributed by atoms with van der Waals surface area (Å²) in [5.41, 5.74) is 5.59. The number of phenols is 2. The molecule has 0 saturated heterocycles. The molecule has 10 heteroatoms. The number of aromatic nitrogens is 2. The number of carbonyl (C=O) groups excluding carboxylic acids is 1. The Kier molecular flexibility index (Phi) is 6.80. The summed E-state index contributed by atoms with van der Waals surface area (Å²) in [4.78, 5) is 33.0. The Morgan fingerprint density at radius 3 is 2.75 bits per heavy atom. The molecule has 0 fully saturated rings. The van der Waals surface area contributed by atoms with E-state index in [0.29, 0.717) is 21.8 Å². The first-order chi connectivity index (χ1) is 17.4. The van der Waals surface area contributed by atoms with E-state index in [4.69, 9.17) is 4.98 Å². The molecule has 1 aliphatic carbocycles. The van der Waals surface area contributed by atoms with Crippen LogP contribution in [0.4, 0.5) is 0 Å². The number of hydrogen-bond acceptors (Lipinski definition) is 8. The quantitative estimate of drug-likeness (QED) is 0.151. The average molecular weight is 521 g/mol. The van der Waals surface area contributed by atoms with Crippen LogP contribution in [0.1, 0.15) is 34.4 Å². The van der Waals surface area contributed by atoms with Crippen molar-refractivity contribution < 1.29 is 15.0 Å². The average Bonchev–Trinajstić information content (AvgIpc) is 3.23. The number of nitrogens with zero attached hydrogens (tertiary/aromatic N) is 3. The van der Waals surface area contributed by atoms with Crippen molar-refractivity contribution >= 4 is 45.4 Å². The Hall–Kier alpha value is -3.63. The van der Waals surface area contributed by atoms with Gasteiger partial charge in [0, 0.05) is 16.5 Å². The minimum Gasteiger partial charge on any atom is -0.508 e. The van der Waals surface area contributed by atoms with Gasteiger partial charge in [-0.25, -0.2) is 10.4 Å². The Balaban J connectivity index is 1.42. The van der Waals surface area contributed by atoms with Gasteiger partial charge in [0.25, 0.3) is 11.5 Å². The van der Waals surface area contributed by atoms with Gasteiger partial charge < -0.3 is 10.2 Å². The molecule has 0 saturated carbocycles. The Morgan fingerprint density at radius 2 is 1.97 bits per heavy atom. The van der Waals surface area contributed by atoms with Crippen LogP contribution in [-0.2, 0) is 17.6 Å². The van der Waals surface area contributed by atoms with Crippen molar-refractivity contribution in [2.75, 3.05) is 5.75 Å². The highest BCUT2D eigenvalue weighted by molar-refractivity contribution is 7.99. The molecule has 0 aliphatic heterocycles. The lowest BCUT2D eigenvalue weighted by Crippen LogP contribution is -2.24. The highest BCUT2D eigenvalue weighted by atomic mass is 32.2. The number of nitrogens with one attached hydrogen (secondary N) is 1. The Bertz CT molecular complexity index is 1540. The minimum atomic E-state index is -0.384. The standard InChI is InChI=1S/C26H24N4O4S2/c1-15-6-9-17(10-7-15)30-25(34)23-19-4-2-3-5-21(19)36-24(23)28-26(30)35-14-22(33)29-27-13-16-8-11-18(31)12-20(16)32/h6-13,31-32H,2-5,14H2,1H3,(H,29,33)/b27-13+. The topological polar surface area (TPSA) is 117 Å². The third-order valence-electron chi connectivity index (χ3n) is 5.99. The van der Waals surface area contributed by atoms with Gasteiger partial charge in [-0.3, -0.25) is 14.2 Å². The van der Waals surface area contributed by atoms with Gasteiger partial charge in [-0.2, -0.15) is 5.10 Å². The molecule has 2 aromatic carbocycles. The molecule has 184 valence electrons. The Morgan fingerprint density at radius 1 is 1.19 bits per heavy atom. The van der Waals surface area contributed by atoms with Crippen LogP contribution in [0, 0.1) is 6.92 Å². The van der Waals surface area contributed by atoms with Crippen molar-refractivity contribution in [3.8, 4) is 17.2 Å². The zero-order valence-electron chi connectivity index (χ0n) is 19.5. The zero-order chi connectivity index (χ0) is 25.2. The largest absolute Gasteiger partial charge is 0.508 e. The summed E-state index contributed by atoms with van der Waals surface area (Å²) < 4.78 is 1.60. The second-order valence-corrected chi connectivity index (χ2v) is 10.6. The number of carbonyl (C=O) groups is 1. The first kappa shape index (κ1) is 24.1. The lowest BCUT2D eigenvalue weighted by atomic mass is 9.97. The van der Waals surface area contributed by atoms with E-state index in [9.17, 15) is 19.8 Å². The van der Waals surface area contributed by atoms with Crippen molar-refractivity contribution in [3.05, 3.63) is 74.4 Å². The molecule has 2 heterocycles. The summed E-state index contributed by atoms with van der Waals surface area (Å²) in [5.74, 6) is -0.612. The van der Waals surface area contributed by atoms with Crippen LogP contribution in [0.3, 0.4) is 0 Å². The van der Waals surface area contributed by atoms with E-state index in [1.54, 1.807) is 15.9 Å². The van der Waals surface area contributed by atoms with Gasteiger partial charge in [-0.1, -0.05) is 29.5 Å². The van der Waals surface area contributed by atoms with E-state index < -0.39 is 0 Å². The summed E-state index contributed by atoms with van der Waals surface area (Å²) in [5, 5.41) is 24.2. The molecule has 36 heavy (non-hydrogen) atoms. The summed E-state index contributed by atoms with van der Waals surface area (Å²) >= 11 is 2.75. The van der Waals surface area contributed by atoms with E-state index >= 15 is 0 Å². The zero-order valence-corrected chi connectivity index (χ0v) is 21.2. The monoisotopic (exact) mass is 520 g/mol. The molecule has 5 rings (SSSR count). The van der Waals surface area contributed by atoms with Gasteiger partial charge in [0.05, 0.1) is 23.0 Å². The molecule has 0 radical (unpaired) electrons. The fraction of sp³-hybridized carbons (Fsp3) is 0.231. The number of fused-ring (bicyclic) bond motifs is 3. The molecule has 3 N–H and O–H groups in total. The maximum Gasteiger partial charge on any atom is 0.267 e. The van der Waals surface area contributed by atoms with Gasteiger partial charge >= 0.3 is 0 Å². The predicted molar refractivity (Wildman–Crippen MR) is 143 cm³/mol. The van der Waals surface area contributed by atoms with Crippen molar-refractivity contribution in [1.29, 1.82) is 0 Å². The van der Waals surface area contributed by atoms with E-state index in [1.807, 2.05) is 31.2 Å². The fourth-order valence-corrected chi connectivity index (χ4v) is 6.29. The van der Waals surface area contributed by atoms with Crippen LogP contribution in [-0.4, -0.2) is 37.6 Å². The third-order valence-corrected chi connectivity index (χ3v) is 8.11. The summed E-state index contributed by atoms with van der Waals surface area (Å²) in [6.07, 6.45) is 5.35. The normalized spacial score (nSPS) is 13.2. The van der Waals surface area contributed by atoms with E-state index in [-0.39, 0.29) is 28.7 Å². The van der Waals surface area contributed by atoms with Gasteiger partial charge in [-0.15, -0.1) is 11.3 Å². The fourth-order valence-electron chi connectivity index (χ4n) is 4.18. The summed E-state index contributed by atoms with van der Waals surface area (Å²) in [6, 6.07) is 11.8. The van der Waals surface area contributed by atoms with Crippen molar-refractivity contribution in [1.82, 2.24) is 15.0 Å². The number of thiophene rings is 1. The Labute approximate surface area is 215 Å². The molecule has 1 aliphatic rings. The number of hydrogen-bond donors (Lipinski definition) is 3. The second-order valence-electron chi connectivity index (χ2n) is 8.59.